The van der Waals surface area contributed by atoms with E-state index >= 15 is 0 Å². The van der Waals surface area contributed by atoms with Gasteiger partial charge in [0.2, 0.25) is 5.82 Å². The number of rotatable bonds is 7. The number of hydrogen-bond donors (Lipinski definition) is 1. The van der Waals surface area contributed by atoms with Gasteiger partial charge in [-0.15, -0.1) is 0 Å². The number of aromatic amines is 1. The summed E-state index contributed by atoms with van der Waals surface area (Å²) < 4.78 is 5.24. The summed E-state index contributed by atoms with van der Waals surface area (Å²) in [6, 6.07) is 8.43. The molecule has 0 aliphatic carbocycles. The number of anilines is 1. The molecule has 0 saturated heterocycles. The van der Waals surface area contributed by atoms with Crippen LogP contribution in [-0.2, 0) is 0 Å². The Balaban J connectivity index is 1.72. The molecule has 28 heavy (non-hydrogen) atoms. The van der Waals surface area contributed by atoms with Gasteiger partial charge in [-0.3, -0.25) is 14.9 Å². The number of nitrogens with zero attached hydrogens (tertiary/aromatic N) is 4. The van der Waals surface area contributed by atoms with Crippen LogP contribution >= 0.6 is 0 Å². The largest absolute Gasteiger partial charge is 0.497 e. The van der Waals surface area contributed by atoms with Crippen LogP contribution in [-0.4, -0.2) is 60.0 Å². The molecule has 0 spiro atoms. The van der Waals surface area contributed by atoms with Gasteiger partial charge in [0.25, 0.3) is 5.91 Å². The summed E-state index contributed by atoms with van der Waals surface area (Å²) >= 11 is 0. The van der Waals surface area contributed by atoms with E-state index in [0.29, 0.717) is 24.4 Å². The Bertz CT molecular complexity index is 1020. The quantitative estimate of drug-likeness (QED) is 0.497. The SMILES string of the molecule is COc1ccc2[nH]cc(C(=O)N(C)CCN(C)c3ncccc3[N+](=O)[O-])c2c1. The fraction of sp³-hybridized carbons (Fsp3) is 0.263. The number of fused-ring (bicyclic) bond motifs is 1. The molecule has 3 rings (SSSR count). The number of methoxy groups -OCH3 is 1. The normalized spacial score (nSPS) is 10.7. The number of benzene rings is 1. The molecular formula is C19H21N5O4. The van der Waals surface area contributed by atoms with Crippen molar-refractivity contribution < 1.29 is 14.5 Å². The number of ether oxygens (including phenoxy) is 1. The van der Waals surface area contributed by atoms with Crippen LogP contribution in [0, 0.1) is 10.1 Å². The molecule has 0 saturated carbocycles. The molecule has 0 aliphatic heterocycles. The van der Waals surface area contributed by atoms with Crippen LogP contribution in [0.3, 0.4) is 0 Å². The first-order chi connectivity index (χ1) is 13.4. The standard InChI is InChI=1S/C19H21N5O4/c1-22(18-17(24(26)27)5-4-8-20-18)9-10-23(2)19(25)15-12-21-16-7-6-13(28-3)11-14(15)16/h4-8,11-12,21H,9-10H2,1-3H3. The van der Waals surface area contributed by atoms with Crippen molar-refractivity contribution in [2.75, 3.05) is 39.2 Å². The van der Waals surface area contributed by atoms with Gasteiger partial charge in [0.1, 0.15) is 5.75 Å². The van der Waals surface area contributed by atoms with Gasteiger partial charge in [-0.25, -0.2) is 4.98 Å². The van der Waals surface area contributed by atoms with Crippen molar-refractivity contribution in [3.63, 3.8) is 0 Å². The molecule has 0 bridgehead atoms. The molecule has 1 amide bonds. The third kappa shape index (κ3) is 3.73. The lowest BCUT2D eigenvalue weighted by molar-refractivity contribution is -0.384. The molecule has 146 valence electrons. The number of H-pyrrole nitrogens is 1. The molecule has 9 heteroatoms. The van der Waals surface area contributed by atoms with Gasteiger partial charge in [-0.2, -0.15) is 0 Å². The first kappa shape index (κ1) is 19.2. The minimum atomic E-state index is -0.465. The van der Waals surface area contributed by atoms with Gasteiger partial charge >= 0.3 is 5.69 Å². The molecule has 1 N–H and O–H groups in total. The van der Waals surface area contributed by atoms with Crippen LogP contribution in [0.25, 0.3) is 10.9 Å². The number of carbonyl (C=O) groups excluding carboxylic acids is 1. The lowest BCUT2D eigenvalue weighted by Gasteiger charge is -2.22. The minimum Gasteiger partial charge on any atom is -0.497 e. The highest BCUT2D eigenvalue weighted by Crippen LogP contribution is 2.25. The summed E-state index contributed by atoms with van der Waals surface area (Å²) in [5.74, 6) is 0.791. The smallest absolute Gasteiger partial charge is 0.311 e. The van der Waals surface area contributed by atoms with Crippen molar-refractivity contribution in [3.8, 4) is 5.75 Å². The third-order valence-corrected chi connectivity index (χ3v) is 4.56. The molecule has 0 atom stereocenters. The highest BCUT2D eigenvalue weighted by atomic mass is 16.6. The third-order valence-electron chi connectivity index (χ3n) is 4.56. The number of hydrogen-bond acceptors (Lipinski definition) is 6. The number of amides is 1. The molecule has 3 aromatic rings. The Hall–Kier alpha value is -3.62. The van der Waals surface area contributed by atoms with E-state index in [-0.39, 0.29) is 17.4 Å². The number of carbonyl (C=O) groups is 1. The van der Waals surface area contributed by atoms with Gasteiger partial charge in [0, 0.05) is 56.5 Å². The van der Waals surface area contributed by atoms with E-state index in [9.17, 15) is 14.9 Å². The number of pyridine rings is 1. The van der Waals surface area contributed by atoms with E-state index in [1.807, 2.05) is 18.2 Å². The monoisotopic (exact) mass is 383 g/mol. The van der Waals surface area contributed by atoms with Crippen LogP contribution in [0.2, 0.25) is 0 Å². The summed E-state index contributed by atoms with van der Waals surface area (Å²) in [6.07, 6.45) is 3.18. The second kappa shape index (κ2) is 7.95. The molecule has 9 nitrogen and oxygen atoms in total. The van der Waals surface area contributed by atoms with E-state index in [1.54, 1.807) is 37.2 Å². The average Bonchev–Trinajstić information content (AvgIpc) is 3.14. The van der Waals surface area contributed by atoms with Crippen molar-refractivity contribution in [3.05, 3.63) is 58.4 Å². The maximum atomic E-state index is 12.9. The van der Waals surface area contributed by atoms with Crippen LogP contribution < -0.4 is 9.64 Å². The van der Waals surface area contributed by atoms with Crippen molar-refractivity contribution >= 4 is 28.3 Å². The molecular weight excluding hydrogens is 362 g/mol. The Labute approximate surface area is 161 Å². The van der Waals surface area contributed by atoms with Gasteiger partial charge in [-0.05, 0) is 24.3 Å². The summed E-state index contributed by atoms with van der Waals surface area (Å²) in [6.45, 7) is 0.769. The topological polar surface area (TPSA) is 105 Å². The van der Waals surface area contributed by atoms with Gasteiger partial charge in [0.15, 0.2) is 0 Å². The molecule has 0 aliphatic rings. The summed E-state index contributed by atoms with van der Waals surface area (Å²) in [5.41, 5.74) is 1.32. The Kier molecular flexibility index (Phi) is 5.44. The van der Waals surface area contributed by atoms with Crippen molar-refractivity contribution in [1.82, 2.24) is 14.9 Å². The summed E-state index contributed by atoms with van der Waals surface area (Å²) in [5, 5.41) is 11.9. The first-order valence-electron chi connectivity index (χ1n) is 8.63. The van der Waals surface area contributed by atoms with Crippen LogP contribution in [0.4, 0.5) is 11.5 Å². The second-order valence-electron chi connectivity index (χ2n) is 6.37. The molecule has 2 heterocycles. The highest BCUT2D eigenvalue weighted by Gasteiger charge is 2.20. The van der Waals surface area contributed by atoms with E-state index in [1.165, 1.54) is 18.3 Å². The zero-order valence-electron chi connectivity index (χ0n) is 15.9. The molecule has 0 unspecified atom stereocenters. The molecule has 0 fully saturated rings. The highest BCUT2D eigenvalue weighted by molar-refractivity contribution is 6.07. The van der Waals surface area contributed by atoms with E-state index in [0.717, 1.165) is 10.9 Å². The van der Waals surface area contributed by atoms with E-state index in [4.69, 9.17) is 4.74 Å². The Morgan fingerprint density at radius 2 is 2.07 bits per heavy atom. The van der Waals surface area contributed by atoms with E-state index in [2.05, 4.69) is 9.97 Å². The predicted molar refractivity (Wildman–Crippen MR) is 106 cm³/mol. The predicted octanol–water partition coefficient (Wildman–Crippen LogP) is 2.69. The first-order valence-corrected chi connectivity index (χ1v) is 8.63. The van der Waals surface area contributed by atoms with Gasteiger partial charge < -0.3 is 19.5 Å². The summed E-state index contributed by atoms with van der Waals surface area (Å²) in [7, 11) is 4.99. The zero-order valence-corrected chi connectivity index (χ0v) is 15.9. The van der Waals surface area contributed by atoms with Gasteiger partial charge in [0.05, 0.1) is 17.6 Å². The van der Waals surface area contributed by atoms with Crippen molar-refractivity contribution in [1.29, 1.82) is 0 Å². The average molecular weight is 383 g/mol. The van der Waals surface area contributed by atoms with Crippen LogP contribution in [0.1, 0.15) is 10.4 Å². The maximum Gasteiger partial charge on any atom is 0.311 e. The fourth-order valence-electron chi connectivity index (χ4n) is 2.94. The lowest BCUT2D eigenvalue weighted by Crippen LogP contribution is -2.35. The summed E-state index contributed by atoms with van der Waals surface area (Å²) in [4.78, 5) is 34.0. The Morgan fingerprint density at radius 1 is 1.29 bits per heavy atom. The zero-order chi connectivity index (χ0) is 20.3. The fourth-order valence-corrected chi connectivity index (χ4v) is 2.94. The van der Waals surface area contributed by atoms with Crippen molar-refractivity contribution in [2.45, 2.75) is 0 Å². The molecule has 0 radical (unpaired) electrons. The molecule has 2 aromatic heterocycles. The maximum absolute atomic E-state index is 12.9. The number of likely N-dealkylation sites (N-methyl/N-ethyl adjacent to an activating group) is 2. The number of nitro groups is 1. The lowest BCUT2D eigenvalue weighted by atomic mass is 10.1. The molecule has 1 aromatic carbocycles. The van der Waals surface area contributed by atoms with Crippen LogP contribution in [0.15, 0.2) is 42.7 Å². The number of aromatic nitrogens is 2. The Morgan fingerprint density at radius 3 is 2.79 bits per heavy atom. The van der Waals surface area contributed by atoms with Crippen LogP contribution in [0.5, 0.6) is 5.75 Å². The minimum absolute atomic E-state index is 0.0669. The number of nitrogens with one attached hydrogen (secondary N) is 1. The van der Waals surface area contributed by atoms with Gasteiger partial charge in [-0.1, -0.05) is 0 Å². The van der Waals surface area contributed by atoms with E-state index < -0.39 is 4.92 Å². The van der Waals surface area contributed by atoms with Crippen molar-refractivity contribution in [2.24, 2.45) is 0 Å². The second-order valence-corrected chi connectivity index (χ2v) is 6.37.